The largest absolute Gasteiger partial charge is 0.508 e. The molecule has 1 fully saturated rings. The van der Waals surface area contributed by atoms with Crippen LogP contribution in [-0.2, 0) is 0 Å². The van der Waals surface area contributed by atoms with Gasteiger partial charge in [-0.1, -0.05) is 6.07 Å². The lowest BCUT2D eigenvalue weighted by Crippen LogP contribution is -2.02. The van der Waals surface area contributed by atoms with Crippen LogP contribution in [0.4, 0.5) is 0 Å². The molecule has 3 N–H and O–H groups in total. The molecule has 0 radical (unpaired) electrons. The molecule has 0 bridgehead atoms. The second kappa shape index (κ2) is 3.50. The van der Waals surface area contributed by atoms with Gasteiger partial charge in [-0.15, -0.1) is 0 Å². The minimum absolute atomic E-state index is 0.324. The fourth-order valence-corrected chi connectivity index (χ4v) is 1.85. The zero-order chi connectivity index (χ0) is 10.1. The predicted molar refractivity (Wildman–Crippen MR) is 54.6 cm³/mol. The summed E-state index contributed by atoms with van der Waals surface area (Å²) >= 11 is 0. The highest BCUT2D eigenvalue weighted by Gasteiger charge is 2.38. The number of hydrogen-bond donors (Lipinski definition) is 2. The van der Waals surface area contributed by atoms with E-state index in [1.54, 1.807) is 13.2 Å². The van der Waals surface area contributed by atoms with Crippen molar-refractivity contribution in [2.24, 2.45) is 11.7 Å². The third-order valence-corrected chi connectivity index (χ3v) is 2.86. The van der Waals surface area contributed by atoms with Gasteiger partial charge in [0.1, 0.15) is 11.5 Å². The van der Waals surface area contributed by atoms with Gasteiger partial charge in [0.25, 0.3) is 0 Å². The van der Waals surface area contributed by atoms with Crippen molar-refractivity contribution in [1.82, 2.24) is 0 Å². The minimum atomic E-state index is 0.324. The molecule has 0 unspecified atom stereocenters. The number of rotatable bonds is 3. The van der Waals surface area contributed by atoms with Gasteiger partial charge in [0, 0.05) is 6.07 Å². The van der Waals surface area contributed by atoms with Gasteiger partial charge in [-0.05, 0) is 36.4 Å². The average Bonchev–Trinajstić information content (AvgIpc) is 2.96. The van der Waals surface area contributed by atoms with Crippen LogP contribution in [0.2, 0.25) is 0 Å². The Labute approximate surface area is 83.5 Å². The van der Waals surface area contributed by atoms with E-state index in [-0.39, 0.29) is 0 Å². The maximum atomic E-state index is 9.73. The first-order valence-electron chi connectivity index (χ1n) is 4.83. The maximum absolute atomic E-state index is 9.73. The first-order chi connectivity index (χ1) is 6.76. The third-order valence-electron chi connectivity index (χ3n) is 2.86. The minimum Gasteiger partial charge on any atom is -0.508 e. The molecule has 0 heterocycles. The molecule has 2 atom stereocenters. The Kier molecular flexibility index (Phi) is 2.33. The van der Waals surface area contributed by atoms with E-state index >= 15 is 0 Å². The number of nitrogens with two attached hydrogens (primary N) is 1. The van der Waals surface area contributed by atoms with E-state index in [9.17, 15) is 5.11 Å². The molecule has 2 rings (SSSR count). The highest BCUT2D eigenvalue weighted by atomic mass is 16.5. The summed E-state index contributed by atoms with van der Waals surface area (Å²) in [6, 6.07) is 5.46. The molecule has 1 saturated carbocycles. The summed E-state index contributed by atoms with van der Waals surface area (Å²) in [5.41, 5.74) is 6.56. The van der Waals surface area contributed by atoms with Gasteiger partial charge in [-0.3, -0.25) is 0 Å². The first kappa shape index (κ1) is 9.34. The second-order valence-electron chi connectivity index (χ2n) is 3.76. The maximum Gasteiger partial charge on any atom is 0.122 e. The molecule has 0 spiro atoms. The van der Waals surface area contributed by atoms with Crippen LogP contribution in [0.3, 0.4) is 0 Å². The van der Waals surface area contributed by atoms with Crippen molar-refractivity contribution in [2.75, 3.05) is 13.7 Å². The summed E-state index contributed by atoms with van der Waals surface area (Å²) in [4.78, 5) is 0. The van der Waals surface area contributed by atoms with Crippen LogP contribution in [0.25, 0.3) is 0 Å². The van der Waals surface area contributed by atoms with Gasteiger partial charge in [-0.2, -0.15) is 0 Å². The van der Waals surface area contributed by atoms with Crippen molar-refractivity contribution in [3.05, 3.63) is 23.8 Å². The van der Waals surface area contributed by atoms with Gasteiger partial charge in [0.2, 0.25) is 0 Å². The zero-order valence-corrected chi connectivity index (χ0v) is 8.23. The smallest absolute Gasteiger partial charge is 0.122 e. The summed E-state index contributed by atoms with van der Waals surface area (Å²) in [6.45, 7) is 0.704. The standard InChI is InChI=1S/C11H15NO2/c1-14-8-2-3-9(11(13)5-8)10-4-7(10)6-12/h2-3,5,7,10,13H,4,6,12H2,1H3/t7-,10+/m0/s1. The van der Waals surface area contributed by atoms with Gasteiger partial charge < -0.3 is 15.6 Å². The van der Waals surface area contributed by atoms with Crippen LogP contribution >= 0.6 is 0 Å². The van der Waals surface area contributed by atoms with Crippen LogP contribution in [0.5, 0.6) is 11.5 Å². The van der Waals surface area contributed by atoms with E-state index in [1.807, 2.05) is 12.1 Å². The lowest BCUT2D eigenvalue weighted by atomic mass is 10.1. The summed E-state index contributed by atoms with van der Waals surface area (Å²) in [6.07, 6.45) is 1.09. The summed E-state index contributed by atoms with van der Waals surface area (Å²) < 4.78 is 5.02. The monoisotopic (exact) mass is 193 g/mol. The molecular formula is C11H15NO2. The Balaban J connectivity index is 2.19. The van der Waals surface area contributed by atoms with Crippen LogP contribution < -0.4 is 10.5 Å². The van der Waals surface area contributed by atoms with Crippen molar-refractivity contribution < 1.29 is 9.84 Å². The van der Waals surface area contributed by atoms with Crippen molar-refractivity contribution in [2.45, 2.75) is 12.3 Å². The van der Waals surface area contributed by atoms with Crippen LogP contribution in [0.15, 0.2) is 18.2 Å². The zero-order valence-electron chi connectivity index (χ0n) is 8.23. The molecule has 1 aromatic carbocycles. The molecule has 0 aromatic heterocycles. The second-order valence-corrected chi connectivity index (χ2v) is 3.76. The molecule has 0 saturated heterocycles. The number of aromatic hydroxyl groups is 1. The summed E-state index contributed by atoms with van der Waals surface area (Å²) in [5.74, 6) is 2.02. The van der Waals surface area contributed by atoms with Crippen molar-refractivity contribution >= 4 is 0 Å². The summed E-state index contributed by atoms with van der Waals surface area (Å²) in [5, 5.41) is 9.73. The molecule has 14 heavy (non-hydrogen) atoms. The molecule has 0 aliphatic heterocycles. The van der Waals surface area contributed by atoms with E-state index in [2.05, 4.69) is 0 Å². The normalized spacial score (nSPS) is 24.7. The van der Waals surface area contributed by atoms with Gasteiger partial charge in [0.05, 0.1) is 7.11 Å². The van der Waals surface area contributed by atoms with Crippen molar-refractivity contribution in [3.63, 3.8) is 0 Å². The number of phenolic OH excluding ortho intramolecular Hbond substituents is 1. The third kappa shape index (κ3) is 1.55. The van der Waals surface area contributed by atoms with E-state index in [0.717, 1.165) is 12.0 Å². The quantitative estimate of drug-likeness (QED) is 0.764. The topological polar surface area (TPSA) is 55.5 Å². The first-order valence-corrected chi connectivity index (χ1v) is 4.83. The Morgan fingerprint density at radius 1 is 1.57 bits per heavy atom. The van der Waals surface area contributed by atoms with Gasteiger partial charge >= 0.3 is 0 Å². The van der Waals surface area contributed by atoms with Crippen LogP contribution in [0, 0.1) is 5.92 Å². The van der Waals surface area contributed by atoms with E-state index in [0.29, 0.717) is 29.9 Å². The lowest BCUT2D eigenvalue weighted by molar-refractivity contribution is 0.406. The van der Waals surface area contributed by atoms with Gasteiger partial charge in [0.15, 0.2) is 0 Å². The number of hydrogen-bond acceptors (Lipinski definition) is 3. The Bertz CT molecular complexity index is 338. The Morgan fingerprint density at radius 3 is 2.86 bits per heavy atom. The number of phenols is 1. The molecule has 3 nitrogen and oxygen atoms in total. The highest BCUT2D eigenvalue weighted by Crippen LogP contribution is 2.49. The molecule has 1 aromatic rings. The van der Waals surface area contributed by atoms with E-state index < -0.39 is 0 Å². The van der Waals surface area contributed by atoms with E-state index in [1.165, 1.54) is 0 Å². The average molecular weight is 193 g/mol. The van der Waals surface area contributed by atoms with Crippen molar-refractivity contribution in [3.8, 4) is 11.5 Å². The molecule has 3 heteroatoms. The molecule has 0 amide bonds. The fraction of sp³-hybridized carbons (Fsp3) is 0.455. The summed E-state index contributed by atoms with van der Waals surface area (Å²) in [7, 11) is 1.59. The predicted octanol–water partition coefficient (Wildman–Crippen LogP) is 1.46. The molecule has 76 valence electrons. The van der Waals surface area contributed by atoms with Crippen LogP contribution in [-0.4, -0.2) is 18.8 Å². The molecular weight excluding hydrogens is 178 g/mol. The van der Waals surface area contributed by atoms with E-state index in [4.69, 9.17) is 10.5 Å². The Morgan fingerprint density at radius 2 is 2.36 bits per heavy atom. The highest BCUT2D eigenvalue weighted by molar-refractivity contribution is 5.44. The molecule has 1 aliphatic carbocycles. The number of ether oxygens (including phenoxy) is 1. The molecule has 1 aliphatic rings. The number of methoxy groups -OCH3 is 1. The lowest BCUT2D eigenvalue weighted by Gasteiger charge is -2.05. The SMILES string of the molecule is COc1ccc([C@@H]2C[C@H]2CN)c(O)c1. The van der Waals surface area contributed by atoms with Crippen LogP contribution in [0.1, 0.15) is 17.9 Å². The Hall–Kier alpha value is -1.22. The number of benzene rings is 1. The fourth-order valence-electron chi connectivity index (χ4n) is 1.85. The van der Waals surface area contributed by atoms with Crippen molar-refractivity contribution in [1.29, 1.82) is 0 Å². The van der Waals surface area contributed by atoms with Gasteiger partial charge in [-0.25, -0.2) is 0 Å².